The van der Waals surface area contributed by atoms with Crippen LogP contribution >= 0.6 is 0 Å². The summed E-state index contributed by atoms with van der Waals surface area (Å²) in [4.78, 5) is 25.1. The third kappa shape index (κ3) is 1.37. The molecule has 2 heterocycles. The van der Waals surface area contributed by atoms with Crippen LogP contribution in [-0.4, -0.2) is 31.6 Å². The zero-order valence-corrected chi connectivity index (χ0v) is 10.5. The molecule has 2 atom stereocenters. The number of para-hydroxylation sites is 1. The zero-order chi connectivity index (χ0) is 13.8. The molecule has 0 bridgehead atoms. The van der Waals surface area contributed by atoms with E-state index < -0.39 is 29.4 Å². The Morgan fingerprint density at radius 3 is 3.00 bits per heavy atom. The number of hydrogen-bond donors (Lipinski definition) is 0. The Morgan fingerprint density at radius 1 is 1.58 bits per heavy atom. The predicted molar refractivity (Wildman–Crippen MR) is 63.0 cm³/mol. The van der Waals surface area contributed by atoms with Crippen molar-refractivity contribution in [1.82, 2.24) is 0 Å². The van der Waals surface area contributed by atoms with Crippen LogP contribution in [0.25, 0.3) is 0 Å². The number of epoxide rings is 1. The minimum Gasteiger partial charge on any atom is -0.464 e. The van der Waals surface area contributed by atoms with Crippen molar-refractivity contribution in [2.45, 2.75) is 18.6 Å². The van der Waals surface area contributed by atoms with Crippen molar-refractivity contribution in [2.75, 3.05) is 18.6 Å². The number of likely N-dealkylation sites (N-methyl/N-ethyl adjacent to an activating group) is 1. The van der Waals surface area contributed by atoms with Crippen LogP contribution in [0.5, 0.6) is 0 Å². The first kappa shape index (κ1) is 12.1. The molecule has 3 rings (SSSR count). The number of rotatable bonds is 2. The topological polar surface area (TPSA) is 59.1 Å². The summed E-state index contributed by atoms with van der Waals surface area (Å²) in [6, 6.07) is 4.36. The summed E-state index contributed by atoms with van der Waals surface area (Å²) in [5, 5.41) is 0. The van der Waals surface area contributed by atoms with Crippen LogP contribution < -0.4 is 4.90 Å². The Balaban J connectivity index is 2.05. The van der Waals surface area contributed by atoms with E-state index in [4.69, 9.17) is 9.47 Å². The molecule has 1 amide bonds. The van der Waals surface area contributed by atoms with Crippen molar-refractivity contribution >= 4 is 17.6 Å². The second-order valence-electron chi connectivity index (χ2n) is 4.49. The van der Waals surface area contributed by atoms with E-state index in [1.54, 1.807) is 13.0 Å². The van der Waals surface area contributed by atoms with Crippen molar-refractivity contribution in [3.05, 3.63) is 29.6 Å². The van der Waals surface area contributed by atoms with Crippen LogP contribution in [0.15, 0.2) is 18.2 Å². The molecule has 0 aliphatic carbocycles. The molecular formula is C13H12FNO4. The molecule has 1 spiro atoms. The third-order valence-electron chi connectivity index (χ3n) is 3.46. The molecule has 100 valence electrons. The second-order valence-corrected chi connectivity index (χ2v) is 4.49. The number of fused-ring (bicyclic) bond motifs is 2. The highest BCUT2D eigenvalue weighted by atomic mass is 19.1. The van der Waals surface area contributed by atoms with Gasteiger partial charge >= 0.3 is 5.97 Å². The molecule has 1 saturated heterocycles. The monoisotopic (exact) mass is 265 g/mol. The van der Waals surface area contributed by atoms with E-state index in [9.17, 15) is 14.0 Å². The smallest absolute Gasteiger partial charge is 0.339 e. The summed E-state index contributed by atoms with van der Waals surface area (Å²) in [6.45, 7) is 1.87. The van der Waals surface area contributed by atoms with E-state index in [0.29, 0.717) is 5.56 Å². The molecule has 2 aliphatic rings. The molecule has 1 aromatic carbocycles. The average molecular weight is 265 g/mol. The first-order valence-electron chi connectivity index (χ1n) is 5.95. The Morgan fingerprint density at radius 2 is 2.32 bits per heavy atom. The lowest BCUT2D eigenvalue weighted by molar-refractivity contribution is -0.144. The summed E-state index contributed by atoms with van der Waals surface area (Å²) in [5.74, 6) is -1.55. The minimum atomic E-state index is -1.39. The number of halogens is 1. The highest BCUT2D eigenvalue weighted by Crippen LogP contribution is 2.56. The Bertz CT molecular complexity index is 588. The van der Waals surface area contributed by atoms with Gasteiger partial charge in [0.1, 0.15) is 5.82 Å². The Kier molecular flexibility index (Phi) is 2.40. The molecule has 0 N–H and O–H groups in total. The summed E-state index contributed by atoms with van der Waals surface area (Å²) in [7, 11) is 1.46. The largest absolute Gasteiger partial charge is 0.464 e. The molecule has 1 fully saturated rings. The molecule has 5 nitrogen and oxygen atoms in total. The van der Waals surface area contributed by atoms with Crippen LogP contribution in [0.1, 0.15) is 12.5 Å². The van der Waals surface area contributed by atoms with Gasteiger partial charge in [0.05, 0.1) is 12.3 Å². The maximum absolute atomic E-state index is 13.8. The number of esters is 1. The Labute approximate surface area is 108 Å². The summed E-state index contributed by atoms with van der Waals surface area (Å²) >= 11 is 0. The third-order valence-corrected chi connectivity index (χ3v) is 3.46. The van der Waals surface area contributed by atoms with E-state index in [0.717, 1.165) is 0 Å². The molecule has 19 heavy (non-hydrogen) atoms. The van der Waals surface area contributed by atoms with Crippen LogP contribution in [0.3, 0.4) is 0 Å². The first-order valence-corrected chi connectivity index (χ1v) is 5.95. The van der Waals surface area contributed by atoms with Gasteiger partial charge in [0.25, 0.3) is 5.91 Å². The lowest BCUT2D eigenvalue weighted by Crippen LogP contribution is -2.33. The van der Waals surface area contributed by atoms with Crippen molar-refractivity contribution in [3.63, 3.8) is 0 Å². The molecule has 1 aromatic rings. The van der Waals surface area contributed by atoms with Gasteiger partial charge in [-0.25, -0.2) is 9.18 Å². The van der Waals surface area contributed by atoms with Gasteiger partial charge in [0, 0.05) is 12.6 Å². The fraction of sp³-hybridized carbons (Fsp3) is 0.385. The number of ether oxygens (including phenoxy) is 2. The molecule has 6 heteroatoms. The standard InChI is InChI=1S/C13H12FNO4/c1-3-18-11(16)10-13(19-10)7-5-4-6-8(14)9(7)15(2)12(13)17/h4-6,10H,3H2,1-2H3/t10-,13+/m0/s1. The molecule has 0 aromatic heterocycles. The van der Waals surface area contributed by atoms with Gasteiger partial charge < -0.3 is 14.4 Å². The fourth-order valence-electron chi connectivity index (χ4n) is 2.57. The van der Waals surface area contributed by atoms with Crippen LogP contribution in [0.2, 0.25) is 0 Å². The van der Waals surface area contributed by atoms with Crippen molar-refractivity contribution in [2.24, 2.45) is 0 Å². The number of carbonyl (C=O) groups excluding carboxylic acids is 2. The lowest BCUT2D eigenvalue weighted by Gasteiger charge is -2.09. The van der Waals surface area contributed by atoms with Gasteiger partial charge in [-0.2, -0.15) is 0 Å². The van der Waals surface area contributed by atoms with Crippen LogP contribution in [0.4, 0.5) is 10.1 Å². The van der Waals surface area contributed by atoms with Crippen molar-refractivity contribution in [3.8, 4) is 0 Å². The Hall–Kier alpha value is -1.95. The van der Waals surface area contributed by atoms with Crippen molar-refractivity contribution < 1.29 is 23.5 Å². The second kappa shape index (κ2) is 3.77. The van der Waals surface area contributed by atoms with Crippen LogP contribution in [0, 0.1) is 5.82 Å². The maximum atomic E-state index is 13.8. The van der Waals surface area contributed by atoms with Gasteiger partial charge in [-0.05, 0) is 13.0 Å². The van der Waals surface area contributed by atoms with Gasteiger partial charge in [0.2, 0.25) is 5.60 Å². The highest BCUT2D eigenvalue weighted by Gasteiger charge is 2.73. The fourth-order valence-corrected chi connectivity index (χ4v) is 2.57. The maximum Gasteiger partial charge on any atom is 0.339 e. The molecule has 0 saturated carbocycles. The van der Waals surface area contributed by atoms with E-state index in [1.807, 2.05) is 0 Å². The average Bonchev–Trinajstić information content (AvgIpc) is 3.09. The van der Waals surface area contributed by atoms with E-state index in [1.165, 1.54) is 24.1 Å². The number of hydrogen-bond acceptors (Lipinski definition) is 4. The molecule has 0 unspecified atom stereocenters. The van der Waals surface area contributed by atoms with Gasteiger partial charge in [-0.3, -0.25) is 4.79 Å². The van der Waals surface area contributed by atoms with E-state index in [-0.39, 0.29) is 12.3 Å². The molecular weight excluding hydrogens is 253 g/mol. The first-order chi connectivity index (χ1) is 9.04. The number of carbonyl (C=O) groups is 2. The normalized spacial score (nSPS) is 27.6. The summed E-state index contributed by atoms with van der Waals surface area (Å²) < 4.78 is 24.0. The lowest BCUT2D eigenvalue weighted by atomic mass is 9.97. The molecule has 0 radical (unpaired) electrons. The zero-order valence-electron chi connectivity index (χ0n) is 10.5. The molecule has 2 aliphatic heterocycles. The van der Waals surface area contributed by atoms with Crippen LogP contribution in [-0.2, 0) is 24.7 Å². The quantitative estimate of drug-likeness (QED) is 0.590. The minimum absolute atomic E-state index is 0.166. The summed E-state index contributed by atoms with van der Waals surface area (Å²) in [5.41, 5.74) is -0.837. The predicted octanol–water partition coefficient (Wildman–Crippen LogP) is 0.959. The van der Waals surface area contributed by atoms with Crippen molar-refractivity contribution in [1.29, 1.82) is 0 Å². The number of anilines is 1. The van der Waals surface area contributed by atoms with E-state index in [2.05, 4.69) is 0 Å². The SMILES string of the molecule is CCOC(=O)[C@@H]1O[C@@]12C(=O)N(C)c1c(F)cccc12. The van der Waals surface area contributed by atoms with Gasteiger partial charge in [0.15, 0.2) is 6.10 Å². The van der Waals surface area contributed by atoms with Gasteiger partial charge in [-0.15, -0.1) is 0 Å². The van der Waals surface area contributed by atoms with Gasteiger partial charge in [-0.1, -0.05) is 12.1 Å². The number of benzene rings is 1. The highest BCUT2D eigenvalue weighted by molar-refractivity contribution is 6.12. The summed E-state index contributed by atoms with van der Waals surface area (Å²) in [6.07, 6.45) is -0.981. The number of nitrogens with zero attached hydrogens (tertiary/aromatic N) is 1. The number of amides is 1. The van der Waals surface area contributed by atoms with E-state index >= 15 is 0 Å².